The van der Waals surface area contributed by atoms with Crippen molar-refractivity contribution in [1.82, 2.24) is 19.4 Å². The van der Waals surface area contributed by atoms with Crippen LogP contribution in [0.4, 0.5) is 10.7 Å². The van der Waals surface area contributed by atoms with Crippen LogP contribution in [0.3, 0.4) is 0 Å². The number of imide groups is 1. The van der Waals surface area contributed by atoms with E-state index in [-0.39, 0.29) is 29.0 Å². The summed E-state index contributed by atoms with van der Waals surface area (Å²) in [4.78, 5) is 60.3. The number of esters is 1. The number of aromatic nitrogens is 2. The summed E-state index contributed by atoms with van der Waals surface area (Å²) in [5, 5.41) is 3.19. The molecule has 1 aromatic heterocycles. The third-order valence-corrected chi connectivity index (χ3v) is 8.34. The van der Waals surface area contributed by atoms with E-state index in [0.29, 0.717) is 36.7 Å². The molecule has 1 aromatic carbocycles. The van der Waals surface area contributed by atoms with Crippen LogP contribution in [0.1, 0.15) is 75.5 Å². The van der Waals surface area contributed by atoms with Crippen molar-refractivity contribution in [2.75, 3.05) is 18.9 Å². The molecule has 1 aliphatic heterocycles. The molecule has 12 heteroatoms. The number of allylic oxidation sites excluding steroid dienone is 1. The summed E-state index contributed by atoms with van der Waals surface area (Å²) in [5.41, 5.74) is 9.23. The Bertz CT molecular complexity index is 1540. The maximum Gasteiger partial charge on any atom is 0.419 e. The average Bonchev–Trinajstić information content (AvgIpc) is 3.00. The number of hydrogen-bond donors (Lipinski definition) is 2. The maximum atomic E-state index is 13.9. The maximum absolute atomic E-state index is 13.9. The van der Waals surface area contributed by atoms with E-state index in [2.05, 4.69) is 29.9 Å². The minimum Gasteiger partial charge on any atom is -0.424 e. The number of amides is 2. The van der Waals surface area contributed by atoms with Gasteiger partial charge in [-0.1, -0.05) is 39.3 Å². The predicted octanol–water partition coefficient (Wildman–Crippen LogP) is 4.36. The Balaban J connectivity index is 1.54. The van der Waals surface area contributed by atoms with Crippen LogP contribution in [0.25, 0.3) is 5.69 Å². The monoisotopic (exact) mass is 634 g/mol. The van der Waals surface area contributed by atoms with Gasteiger partial charge in [-0.25, -0.2) is 19.2 Å². The average molecular weight is 635 g/mol. The van der Waals surface area contributed by atoms with E-state index in [1.54, 1.807) is 45.9 Å². The molecule has 0 spiro atoms. The summed E-state index contributed by atoms with van der Waals surface area (Å²) in [6.45, 7) is 13.8. The van der Waals surface area contributed by atoms with Gasteiger partial charge < -0.3 is 25.4 Å². The van der Waals surface area contributed by atoms with Crippen molar-refractivity contribution in [3.63, 3.8) is 0 Å². The highest BCUT2D eigenvalue weighted by molar-refractivity contribution is 6.02. The molecule has 4 rings (SSSR count). The molecule has 2 unspecified atom stereocenters. The number of carbonyl (C=O) groups excluding carboxylic acids is 3. The van der Waals surface area contributed by atoms with Gasteiger partial charge in [-0.3, -0.25) is 14.4 Å². The number of fused-ring (bicyclic) bond motifs is 1. The molecule has 3 atom stereocenters. The summed E-state index contributed by atoms with van der Waals surface area (Å²) in [5.74, 6) is -1.51. The fraction of sp³-hybridized carbons (Fsp3) is 0.500. The molecule has 0 saturated heterocycles. The molecule has 2 aromatic rings. The van der Waals surface area contributed by atoms with Crippen LogP contribution in [-0.2, 0) is 27.2 Å². The second kappa shape index (κ2) is 14.8. The number of benzene rings is 1. The van der Waals surface area contributed by atoms with Crippen LogP contribution in [0, 0.1) is 11.8 Å². The molecule has 46 heavy (non-hydrogen) atoms. The highest BCUT2D eigenvalue weighted by Crippen LogP contribution is 2.29. The van der Waals surface area contributed by atoms with Crippen molar-refractivity contribution in [3.8, 4) is 5.69 Å². The number of ether oxygens (including phenoxy) is 2. The van der Waals surface area contributed by atoms with E-state index in [9.17, 15) is 19.2 Å². The van der Waals surface area contributed by atoms with Crippen LogP contribution < -0.4 is 16.6 Å². The summed E-state index contributed by atoms with van der Waals surface area (Å²) >= 11 is 0. The zero-order valence-corrected chi connectivity index (χ0v) is 27.6. The van der Waals surface area contributed by atoms with E-state index in [0.717, 1.165) is 23.4 Å². The number of nitrogens with two attached hydrogens (primary N) is 1. The first kappa shape index (κ1) is 34.4. The van der Waals surface area contributed by atoms with Gasteiger partial charge in [-0.05, 0) is 69.0 Å². The van der Waals surface area contributed by atoms with E-state index in [1.165, 1.54) is 35.7 Å². The summed E-state index contributed by atoms with van der Waals surface area (Å²) in [6.07, 6.45) is 5.72. The lowest BCUT2D eigenvalue weighted by Gasteiger charge is -2.35. The van der Waals surface area contributed by atoms with Gasteiger partial charge in [-0.2, -0.15) is 0 Å². The van der Waals surface area contributed by atoms with Crippen molar-refractivity contribution in [3.05, 3.63) is 75.9 Å². The second-order valence-electron chi connectivity index (χ2n) is 12.7. The molecule has 248 valence electrons. The largest absolute Gasteiger partial charge is 0.424 e. The fourth-order valence-corrected chi connectivity index (χ4v) is 5.09. The molecule has 1 saturated carbocycles. The molecule has 12 nitrogen and oxygen atoms in total. The number of anilines is 1. The van der Waals surface area contributed by atoms with Crippen molar-refractivity contribution < 1.29 is 23.9 Å². The van der Waals surface area contributed by atoms with Gasteiger partial charge in [0, 0.05) is 36.7 Å². The first-order valence-corrected chi connectivity index (χ1v) is 15.8. The van der Waals surface area contributed by atoms with Gasteiger partial charge in [0.1, 0.15) is 6.04 Å². The number of nitrogens with one attached hydrogen (secondary N) is 1. The molecule has 3 N–H and O–H groups in total. The SMILES string of the molecule is C=CCNc1nc2c(c(=O)n1-c1ccc(C(=O)N(C)C(=O)OC(OC(=O)C(N)C(C)C)C(C)C)cc1)C[C@@H](C)N(C=C1CCC1)C2. The Labute approximate surface area is 270 Å². The molecule has 1 fully saturated rings. The standard InChI is InChI=1S/C34H46N6O6/c1-8-16-36-33-37-27-19-39(18-23-10-9-11-23)22(6)17-26(27)30(42)40(33)25-14-12-24(13-15-25)29(41)38(7)34(44)46-32(21(4)5)45-31(43)28(35)20(2)3/h8,12-15,18,20-22,28,32H,1,9-11,16-17,19,35H2,2-7H3,(H,36,37)/t22-,28?,32?/m1/s1. The van der Waals surface area contributed by atoms with Crippen molar-refractivity contribution in [1.29, 1.82) is 0 Å². The van der Waals surface area contributed by atoms with Crippen molar-refractivity contribution in [2.45, 2.75) is 85.2 Å². The molecule has 0 bridgehead atoms. The van der Waals surface area contributed by atoms with E-state index in [1.807, 2.05) is 0 Å². The fourth-order valence-electron chi connectivity index (χ4n) is 5.09. The molecule has 2 amide bonds. The predicted molar refractivity (Wildman–Crippen MR) is 175 cm³/mol. The first-order valence-electron chi connectivity index (χ1n) is 15.8. The summed E-state index contributed by atoms with van der Waals surface area (Å²) in [6, 6.07) is 5.59. The van der Waals surface area contributed by atoms with Gasteiger partial charge in [-0.15, -0.1) is 6.58 Å². The lowest BCUT2D eigenvalue weighted by molar-refractivity contribution is -0.178. The molecular formula is C34H46N6O6. The quantitative estimate of drug-likeness (QED) is 0.207. The Morgan fingerprint density at radius 2 is 1.80 bits per heavy atom. The van der Waals surface area contributed by atoms with Gasteiger partial charge >= 0.3 is 12.1 Å². The molecule has 0 radical (unpaired) electrons. The molecule has 1 aliphatic carbocycles. The summed E-state index contributed by atoms with van der Waals surface area (Å²) < 4.78 is 12.2. The Morgan fingerprint density at radius 1 is 1.13 bits per heavy atom. The van der Waals surface area contributed by atoms with Gasteiger partial charge in [0.05, 0.1) is 17.9 Å². The van der Waals surface area contributed by atoms with Gasteiger partial charge in [0.25, 0.3) is 17.8 Å². The van der Waals surface area contributed by atoms with Crippen LogP contribution in [0.5, 0.6) is 0 Å². The minimum absolute atomic E-state index is 0.150. The zero-order valence-electron chi connectivity index (χ0n) is 27.6. The lowest BCUT2D eigenvalue weighted by atomic mass is 9.92. The number of carbonyl (C=O) groups is 3. The number of nitrogens with zero attached hydrogens (tertiary/aromatic N) is 4. The highest BCUT2D eigenvalue weighted by atomic mass is 16.7. The van der Waals surface area contributed by atoms with Crippen molar-refractivity contribution >= 4 is 23.9 Å². The molecule has 2 aliphatic rings. The van der Waals surface area contributed by atoms with Gasteiger partial charge in [0.15, 0.2) is 0 Å². The Hall–Kier alpha value is -4.45. The normalized spacial score (nSPS) is 17.0. The van der Waals surface area contributed by atoms with Crippen LogP contribution >= 0.6 is 0 Å². The molecular weight excluding hydrogens is 588 g/mol. The third-order valence-electron chi connectivity index (χ3n) is 8.34. The first-order chi connectivity index (χ1) is 21.8. The van der Waals surface area contributed by atoms with E-state index >= 15 is 0 Å². The van der Waals surface area contributed by atoms with Crippen molar-refractivity contribution in [2.24, 2.45) is 17.6 Å². The number of hydrogen-bond acceptors (Lipinski definition) is 10. The Morgan fingerprint density at radius 3 is 2.37 bits per heavy atom. The third kappa shape index (κ3) is 7.67. The zero-order chi connectivity index (χ0) is 33.7. The topological polar surface area (TPSA) is 149 Å². The second-order valence-corrected chi connectivity index (χ2v) is 12.7. The lowest BCUT2D eigenvalue weighted by Crippen LogP contribution is -2.43. The Kier molecular flexibility index (Phi) is 11.0. The number of rotatable bonds is 11. The van der Waals surface area contributed by atoms with E-state index < -0.39 is 30.3 Å². The van der Waals surface area contributed by atoms with Gasteiger partial charge in [0.2, 0.25) is 5.95 Å². The summed E-state index contributed by atoms with van der Waals surface area (Å²) in [7, 11) is 1.28. The van der Waals surface area contributed by atoms with E-state index in [4.69, 9.17) is 20.2 Å². The molecule has 2 heterocycles. The van der Waals surface area contributed by atoms with Crippen LogP contribution in [0.15, 0.2) is 53.5 Å². The smallest absolute Gasteiger partial charge is 0.419 e. The highest BCUT2D eigenvalue weighted by Gasteiger charge is 2.31. The minimum atomic E-state index is -1.23. The van der Waals surface area contributed by atoms with Crippen LogP contribution in [0.2, 0.25) is 0 Å². The van der Waals surface area contributed by atoms with Crippen LogP contribution in [-0.4, -0.2) is 69.3 Å².